The van der Waals surface area contributed by atoms with E-state index >= 15 is 0 Å². The van der Waals surface area contributed by atoms with Gasteiger partial charge in [0.2, 0.25) is 11.8 Å². The van der Waals surface area contributed by atoms with Crippen molar-refractivity contribution in [3.8, 4) is 11.5 Å². The standard InChI is InChI=1S/C46H51Cl2N5O7/c1-49(20-9-3-4-10-21-51-42(57)18-19-43(51)58)22-23-50(2)46(59)60-39-25-37-45(35-15-8-6-13-33(35)39)31(27-48)29-53(37)41(56)17-11-16-40(55)52-28-30(26-47)44-34-14-7-5-12-32(34)38(54)24-36(44)52/h5-8,12-15,18-19,24-25,30-31,54H,3-4,9-11,16-17,20-23,26-29H2,1-2H3/t30-,31-/m1/s1. The number of phenols is 1. The Balaban J connectivity index is 0.947. The third-order valence-corrected chi connectivity index (χ3v) is 12.7. The number of rotatable bonds is 17. The van der Waals surface area contributed by atoms with Crippen molar-refractivity contribution in [2.75, 3.05) is 74.9 Å². The van der Waals surface area contributed by atoms with Gasteiger partial charge in [-0.25, -0.2) is 4.79 Å². The molecular weight excluding hydrogens is 805 g/mol. The van der Waals surface area contributed by atoms with E-state index in [2.05, 4.69) is 4.90 Å². The highest BCUT2D eigenvalue weighted by Crippen LogP contribution is 2.47. The van der Waals surface area contributed by atoms with Gasteiger partial charge in [-0.3, -0.25) is 24.1 Å². The molecule has 0 radical (unpaired) electrons. The van der Waals surface area contributed by atoms with Crippen LogP contribution in [0.5, 0.6) is 11.5 Å². The summed E-state index contributed by atoms with van der Waals surface area (Å²) in [5.74, 6) is 0.0961. The molecule has 3 aliphatic heterocycles. The number of phenolic OH excluding ortho intramolecular Hbond substituents is 1. The number of benzene rings is 4. The van der Waals surface area contributed by atoms with Crippen LogP contribution in [0.25, 0.3) is 21.5 Å². The molecule has 12 nitrogen and oxygen atoms in total. The molecule has 1 N–H and O–H groups in total. The summed E-state index contributed by atoms with van der Waals surface area (Å²) in [6.45, 7) is 3.13. The summed E-state index contributed by atoms with van der Waals surface area (Å²) in [5.41, 5.74) is 3.20. The Morgan fingerprint density at radius 3 is 1.83 bits per heavy atom. The first-order chi connectivity index (χ1) is 29.0. The van der Waals surface area contributed by atoms with Crippen molar-refractivity contribution in [2.24, 2.45) is 0 Å². The van der Waals surface area contributed by atoms with Crippen LogP contribution in [0.3, 0.4) is 0 Å². The summed E-state index contributed by atoms with van der Waals surface area (Å²) < 4.78 is 6.04. The number of ether oxygens (including phenoxy) is 1. The maximum atomic E-state index is 13.9. The second-order valence-electron chi connectivity index (χ2n) is 16.0. The van der Waals surface area contributed by atoms with E-state index in [1.54, 1.807) is 29.0 Å². The van der Waals surface area contributed by atoms with Gasteiger partial charge in [0, 0.05) is 111 Å². The van der Waals surface area contributed by atoms with Crippen LogP contribution >= 0.6 is 23.2 Å². The summed E-state index contributed by atoms with van der Waals surface area (Å²) in [5, 5.41) is 14.0. The molecule has 0 unspecified atom stereocenters. The normalized spacial score (nSPS) is 17.1. The third kappa shape index (κ3) is 8.96. The number of aromatic hydroxyl groups is 1. The molecule has 5 amide bonds. The Morgan fingerprint density at radius 2 is 1.23 bits per heavy atom. The summed E-state index contributed by atoms with van der Waals surface area (Å²) in [4.78, 5) is 72.9. The van der Waals surface area contributed by atoms with E-state index in [4.69, 9.17) is 27.9 Å². The van der Waals surface area contributed by atoms with Crippen molar-refractivity contribution in [1.29, 1.82) is 0 Å². The monoisotopic (exact) mass is 855 g/mol. The summed E-state index contributed by atoms with van der Waals surface area (Å²) in [7, 11) is 3.70. The molecule has 4 aromatic rings. The molecule has 0 aliphatic carbocycles. The zero-order chi connectivity index (χ0) is 42.5. The highest BCUT2D eigenvalue weighted by Gasteiger charge is 2.37. The van der Waals surface area contributed by atoms with Gasteiger partial charge in [0.25, 0.3) is 11.8 Å². The van der Waals surface area contributed by atoms with Gasteiger partial charge < -0.3 is 29.4 Å². The molecule has 0 fully saturated rings. The number of alkyl halides is 2. The van der Waals surface area contributed by atoms with Crippen molar-refractivity contribution in [2.45, 2.75) is 56.8 Å². The average Bonchev–Trinajstić information content (AvgIpc) is 3.93. The Bertz CT molecular complexity index is 2320. The number of hydrogen-bond donors (Lipinski definition) is 1. The second kappa shape index (κ2) is 19.0. The lowest BCUT2D eigenvalue weighted by atomic mass is 9.95. The first kappa shape index (κ1) is 42.9. The molecule has 7 rings (SSSR count). The number of imide groups is 1. The predicted octanol–water partition coefficient (Wildman–Crippen LogP) is 7.75. The fourth-order valence-electron chi connectivity index (χ4n) is 8.66. The Morgan fingerprint density at radius 1 is 0.700 bits per heavy atom. The Kier molecular flexibility index (Phi) is 13.6. The fraction of sp³-hybridized carbons (Fsp3) is 0.413. The largest absolute Gasteiger partial charge is 0.507 e. The number of unbranched alkanes of at least 4 members (excludes halogenated alkanes) is 3. The average molecular weight is 857 g/mol. The van der Waals surface area contributed by atoms with E-state index < -0.39 is 6.09 Å². The van der Waals surface area contributed by atoms with Crippen molar-refractivity contribution in [1.82, 2.24) is 14.7 Å². The minimum atomic E-state index is -0.515. The van der Waals surface area contributed by atoms with Crippen LogP contribution in [0.1, 0.15) is 67.9 Å². The van der Waals surface area contributed by atoms with E-state index in [1.807, 2.05) is 55.6 Å². The summed E-state index contributed by atoms with van der Waals surface area (Å²) in [6, 6.07) is 18.6. The summed E-state index contributed by atoms with van der Waals surface area (Å²) in [6.07, 6.45) is 6.28. The number of amides is 5. The molecule has 0 saturated heterocycles. The maximum absolute atomic E-state index is 13.9. The summed E-state index contributed by atoms with van der Waals surface area (Å²) >= 11 is 12.9. The minimum Gasteiger partial charge on any atom is -0.507 e. The molecule has 60 heavy (non-hydrogen) atoms. The Labute approximate surface area is 360 Å². The first-order valence-corrected chi connectivity index (χ1v) is 21.8. The fourth-order valence-corrected chi connectivity index (χ4v) is 9.17. The van der Waals surface area contributed by atoms with Crippen LogP contribution in [0.15, 0.2) is 72.8 Å². The van der Waals surface area contributed by atoms with E-state index in [0.29, 0.717) is 68.0 Å². The zero-order valence-electron chi connectivity index (χ0n) is 34.1. The van der Waals surface area contributed by atoms with E-state index in [1.165, 1.54) is 22.0 Å². The highest BCUT2D eigenvalue weighted by atomic mass is 35.5. The van der Waals surface area contributed by atoms with Crippen LogP contribution in [-0.2, 0) is 19.2 Å². The highest BCUT2D eigenvalue weighted by molar-refractivity contribution is 6.19. The molecule has 3 aliphatic rings. The first-order valence-electron chi connectivity index (χ1n) is 20.7. The van der Waals surface area contributed by atoms with E-state index in [9.17, 15) is 29.1 Å². The number of carbonyl (C=O) groups excluding carboxylic acids is 5. The lowest BCUT2D eigenvalue weighted by molar-refractivity contribution is -0.137. The van der Waals surface area contributed by atoms with Crippen LogP contribution < -0.4 is 14.5 Å². The van der Waals surface area contributed by atoms with Crippen LogP contribution in [0.4, 0.5) is 16.2 Å². The minimum absolute atomic E-state index is 0.0779. The molecule has 316 valence electrons. The number of likely N-dealkylation sites (N-methyl/N-ethyl adjacent to an activating group) is 2. The molecule has 14 heteroatoms. The number of hydrogen-bond acceptors (Lipinski definition) is 8. The van der Waals surface area contributed by atoms with Gasteiger partial charge in [0.05, 0.1) is 11.4 Å². The predicted molar refractivity (Wildman–Crippen MR) is 236 cm³/mol. The third-order valence-electron chi connectivity index (χ3n) is 11.9. The van der Waals surface area contributed by atoms with E-state index in [-0.39, 0.29) is 54.1 Å². The van der Waals surface area contributed by atoms with E-state index in [0.717, 1.165) is 64.9 Å². The van der Waals surface area contributed by atoms with Crippen molar-refractivity contribution >= 4 is 85.8 Å². The zero-order valence-corrected chi connectivity index (χ0v) is 35.6. The van der Waals surface area contributed by atoms with Crippen LogP contribution in [-0.4, -0.2) is 115 Å². The smallest absolute Gasteiger partial charge is 0.415 e. The van der Waals surface area contributed by atoms with Gasteiger partial charge >= 0.3 is 6.09 Å². The van der Waals surface area contributed by atoms with Gasteiger partial charge in [-0.05, 0) is 54.8 Å². The van der Waals surface area contributed by atoms with Gasteiger partial charge in [-0.1, -0.05) is 61.4 Å². The molecule has 3 heterocycles. The molecular formula is C46H51Cl2N5O7. The number of carbonyl (C=O) groups is 5. The quantitative estimate of drug-likeness (QED) is 0.0649. The van der Waals surface area contributed by atoms with Crippen molar-refractivity contribution in [3.63, 3.8) is 0 Å². The van der Waals surface area contributed by atoms with Crippen molar-refractivity contribution in [3.05, 3.63) is 83.9 Å². The van der Waals surface area contributed by atoms with Crippen molar-refractivity contribution < 1.29 is 33.8 Å². The lowest BCUT2D eigenvalue weighted by Crippen LogP contribution is -2.36. The molecule has 0 aromatic heterocycles. The molecule has 2 atom stereocenters. The molecule has 4 aromatic carbocycles. The SMILES string of the molecule is CN(CCCCCCN1C(=O)C=CC1=O)CCN(C)C(=O)Oc1cc2c(c3ccccc13)[C@H](CCl)CN2C(=O)CCCC(=O)N1C[C@@H](CCl)c2c1cc(O)c1ccccc21. The number of anilines is 2. The second-order valence-corrected chi connectivity index (χ2v) is 16.6. The topological polar surface area (TPSA) is 131 Å². The van der Waals surface area contributed by atoms with Gasteiger partial charge in [-0.2, -0.15) is 0 Å². The Hall–Kier alpha value is -5.17. The van der Waals surface area contributed by atoms with Gasteiger partial charge in [-0.15, -0.1) is 23.2 Å². The lowest BCUT2D eigenvalue weighted by Gasteiger charge is -2.23. The van der Waals surface area contributed by atoms with Gasteiger partial charge in [0.15, 0.2) is 0 Å². The number of halogens is 2. The molecule has 0 spiro atoms. The van der Waals surface area contributed by atoms with Crippen LogP contribution in [0.2, 0.25) is 0 Å². The molecule has 0 bridgehead atoms. The number of fused-ring (bicyclic) bond motifs is 6. The maximum Gasteiger partial charge on any atom is 0.415 e. The molecule has 0 saturated carbocycles. The number of nitrogens with zero attached hydrogens (tertiary/aromatic N) is 5. The van der Waals surface area contributed by atoms with Gasteiger partial charge in [0.1, 0.15) is 11.5 Å². The van der Waals surface area contributed by atoms with Crippen LogP contribution in [0, 0.1) is 0 Å².